The van der Waals surface area contributed by atoms with Gasteiger partial charge in [-0.3, -0.25) is 4.99 Å². The smallest absolute Gasteiger partial charge is 0.188 e. The monoisotopic (exact) mass is 213 g/mol. The van der Waals surface area contributed by atoms with Crippen LogP contribution in [0, 0.1) is 0 Å². The maximum atomic E-state index is 10.1. The van der Waals surface area contributed by atoms with Gasteiger partial charge >= 0.3 is 0 Å². The van der Waals surface area contributed by atoms with Crippen molar-refractivity contribution in [3.05, 3.63) is 22.4 Å². The van der Waals surface area contributed by atoms with Crippen LogP contribution in [0.3, 0.4) is 0 Å². The number of rotatable bonds is 3. The van der Waals surface area contributed by atoms with Crippen LogP contribution in [0.5, 0.6) is 0 Å². The minimum atomic E-state index is -0.907. The Morgan fingerprint density at radius 2 is 2.50 bits per heavy atom. The summed E-state index contributed by atoms with van der Waals surface area (Å²) in [6.07, 6.45) is 0. The van der Waals surface area contributed by atoms with Gasteiger partial charge in [0.1, 0.15) is 5.60 Å². The molecular formula is C9H15N3OS. The zero-order chi connectivity index (χ0) is 10.6. The molecule has 0 spiro atoms. The Kier molecular flexibility index (Phi) is 3.49. The van der Waals surface area contributed by atoms with Gasteiger partial charge in [0.15, 0.2) is 5.96 Å². The fourth-order valence-corrected chi connectivity index (χ4v) is 1.80. The van der Waals surface area contributed by atoms with E-state index in [9.17, 15) is 5.11 Å². The average Bonchev–Trinajstić information content (AvgIpc) is 2.67. The minimum Gasteiger partial charge on any atom is -0.384 e. The highest BCUT2D eigenvalue weighted by atomic mass is 32.1. The van der Waals surface area contributed by atoms with Crippen LogP contribution in [0.4, 0.5) is 0 Å². The number of nitrogens with zero attached hydrogens (tertiary/aromatic N) is 1. The molecule has 0 saturated heterocycles. The highest BCUT2D eigenvalue weighted by Gasteiger charge is 2.23. The third-order valence-electron chi connectivity index (χ3n) is 2.00. The molecule has 1 aromatic heterocycles. The van der Waals surface area contributed by atoms with Crippen molar-refractivity contribution in [1.82, 2.24) is 5.32 Å². The van der Waals surface area contributed by atoms with Gasteiger partial charge in [0, 0.05) is 7.05 Å². The fraction of sp³-hybridized carbons (Fsp3) is 0.444. The number of aliphatic imine (C=N–C) groups is 1. The van der Waals surface area contributed by atoms with Gasteiger partial charge in [-0.25, -0.2) is 0 Å². The van der Waals surface area contributed by atoms with E-state index in [1.165, 1.54) is 0 Å². The number of hydrogen-bond acceptors (Lipinski definition) is 3. The number of aliphatic hydroxyl groups is 1. The first-order chi connectivity index (χ1) is 6.56. The number of hydrogen-bond donors (Lipinski definition) is 3. The molecule has 1 atom stereocenters. The van der Waals surface area contributed by atoms with Crippen molar-refractivity contribution < 1.29 is 5.11 Å². The summed E-state index contributed by atoms with van der Waals surface area (Å²) < 4.78 is 0. The van der Waals surface area contributed by atoms with Crippen molar-refractivity contribution in [2.24, 2.45) is 10.7 Å². The summed E-state index contributed by atoms with van der Waals surface area (Å²) in [5, 5.41) is 16.7. The molecule has 5 heteroatoms. The summed E-state index contributed by atoms with van der Waals surface area (Å²) in [7, 11) is 1.60. The Morgan fingerprint density at radius 3 is 3.00 bits per heavy atom. The van der Waals surface area contributed by atoms with Crippen LogP contribution < -0.4 is 11.1 Å². The lowest BCUT2D eigenvalue weighted by Gasteiger charge is -2.22. The Bertz CT molecular complexity index is 306. The number of thiophene rings is 1. The Labute approximate surface area is 87.5 Å². The van der Waals surface area contributed by atoms with E-state index in [2.05, 4.69) is 10.3 Å². The molecule has 1 rings (SSSR count). The van der Waals surface area contributed by atoms with Crippen molar-refractivity contribution in [2.75, 3.05) is 13.6 Å². The van der Waals surface area contributed by atoms with Gasteiger partial charge in [-0.05, 0) is 29.3 Å². The Morgan fingerprint density at radius 1 is 1.79 bits per heavy atom. The molecule has 1 unspecified atom stereocenters. The van der Waals surface area contributed by atoms with Gasteiger partial charge in [-0.2, -0.15) is 11.3 Å². The quantitative estimate of drug-likeness (QED) is 0.505. The molecule has 0 amide bonds. The first kappa shape index (κ1) is 11.0. The molecule has 0 fully saturated rings. The summed E-state index contributed by atoms with van der Waals surface area (Å²) in [5.74, 6) is 0.334. The number of nitrogens with one attached hydrogen (secondary N) is 1. The molecular weight excluding hydrogens is 198 g/mol. The molecule has 0 aliphatic carbocycles. The molecule has 4 N–H and O–H groups in total. The Hall–Kier alpha value is -1.07. The topological polar surface area (TPSA) is 70.6 Å². The third kappa shape index (κ3) is 2.71. The van der Waals surface area contributed by atoms with Crippen LogP contribution in [-0.4, -0.2) is 24.7 Å². The molecule has 0 aliphatic rings. The van der Waals surface area contributed by atoms with Gasteiger partial charge in [0.25, 0.3) is 0 Å². The lowest BCUT2D eigenvalue weighted by atomic mass is 9.99. The molecule has 14 heavy (non-hydrogen) atoms. The van der Waals surface area contributed by atoms with Crippen LogP contribution in [0.2, 0.25) is 0 Å². The summed E-state index contributed by atoms with van der Waals surface area (Å²) in [5.41, 5.74) is 5.44. The second kappa shape index (κ2) is 4.43. The summed E-state index contributed by atoms with van der Waals surface area (Å²) in [4.78, 5) is 3.75. The minimum absolute atomic E-state index is 0.334. The van der Waals surface area contributed by atoms with Crippen LogP contribution in [0.15, 0.2) is 21.8 Å². The highest BCUT2D eigenvalue weighted by Crippen LogP contribution is 2.21. The predicted octanol–water partition coefficient (Wildman–Crippen LogP) is 0.490. The van der Waals surface area contributed by atoms with Crippen molar-refractivity contribution in [3.63, 3.8) is 0 Å². The first-order valence-electron chi connectivity index (χ1n) is 4.27. The third-order valence-corrected chi connectivity index (χ3v) is 2.68. The summed E-state index contributed by atoms with van der Waals surface area (Å²) in [6.45, 7) is 2.10. The van der Waals surface area contributed by atoms with E-state index in [-0.39, 0.29) is 0 Å². The normalized spacial score (nSPS) is 16.4. The maximum Gasteiger partial charge on any atom is 0.188 e. The van der Waals surface area contributed by atoms with E-state index in [1.807, 2.05) is 16.8 Å². The van der Waals surface area contributed by atoms with Crippen molar-refractivity contribution >= 4 is 17.3 Å². The molecule has 1 aromatic rings. The lowest BCUT2D eigenvalue weighted by Crippen LogP contribution is -2.41. The SMILES string of the molecule is CN=C(N)NCC(C)(O)c1ccsc1. The molecule has 0 aromatic carbocycles. The van der Waals surface area contributed by atoms with Crippen LogP contribution in [-0.2, 0) is 5.60 Å². The lowest BCUT2D eigenvalue weighted by molar-refractivity contribution is 0.0623. The maximum absolute atomic E-state index is 10.1. The molecule has 78 valence electrons. The highest BCUT2D eigenvalue weighted by molar-refractivity contribution is 7.08. The van der Waals surface area contributed by atoms with Crippen LogP contribution in [0.25, 0.3) is 0 Å². The average molecular weight is 213 g/mol. The van der Waals surface area contributed by atoms with Gasteiger partial charge in [0.2, 0.25) is 0 Å². The van der Waals surface area contributed by atoms with E-state index < -0.39 is 5.60 Å². The second-order valence-corrected chi connectivity index (χ2v) is 4.03. The van der Waals surface area contributed by atoms with E-state index in [1.54, 1.807) is 25.3 Å². The van der Waals surface area contributed by atoms with E-state index in [0.717, 1.165) is 5.56 Å². The van der Waals surface area contributed by atoms with Gasteiger partial charge in [-0.15, -0.1) is 0 Å². The van der Waals surface area contributed by atoms with Crippen molar-refractivity contribution in [2.45, 2.75) is 12.5 Å². The molecule has 1 heterocycles. The molecule has 0 saturated carbocycles. The summed E-state index contributed by atoms with van der Waals surface area (Å²) >= 11 is 1.56. The van der Waals surface area contributed by atoms with Crippen molar-refractivity contribution in [1.29, 1.82) is 0 Å². The van der Waals surface area contributed by atoms with E-state index >= 15 is 0 Å². The zero-order valence-corrected chi connectivity index (χ0v) is 9.14. The largest absolute Gasteiger partial charge is 0.384 e. The number of guanidine groups is 1. The van der Waals surface area contributed by atoms with Crippen LogP contribution >= 0.6 is 11.3 Å². The molecule has 0 aliphatic heterocycles. The number of nitrogens with two attached hydrogens (primary N) is 1. The van der Waals surface area contributed by atoms with Gasteiger partial charge in [-0.1, -0.05) is 0 Å². The van der Waals surface area contributed by atoms with Crippen LogP contribution in [0.1, 0.15) is 12.5 Å². The fourth-order valence-electron chi connectivity index (χ4n) is 1.01. The molecule has 4 nitrogen and oxygen atoms in total. The van der Waals surface area contributed by atoms with E-state index in [0.29, 0.717) is 12.5 Å². The Balaban J connectivity index is 2.59. The first-order valence-corrected chi connectivity index (χ1v) is 5.22. The standard InChI is InChI=1S/C9H15N3OS/c1-9(13,6-12-8(10)11-2)7-3-4-14-5-7/h3-5,13H,6H2,1-2H3,(H3,10,11,12). The van der Waals surface area contributed by atoms with Crippen molar-refractivity contribution in [3.8, 4) is 0 Å². The predicted molar refractivity (Wildman–Crippen MR) is 59.4 cm³/mol. The molecule has 0 bridgehead atoms. The van der Waals surface area contributed by atoms with Gasteiger partial charge < -0.3 is 16.2 Å². The zero-order valence-electron chi connectivity index (χ0n) is 8.32. The van der Waals surface area contributed by atoms with E-state index in [4.69, 9.17) is 5.73 Å². The van der Waals surface area contributed by atoms with Gasteiger partial charge in [0.05, 0.1) is 6.54 Å². The second-order valence-electron chi connectivity index (χ2n) is 3.25. The molecule has 0 radical (unpaired) electrons. The summed E-state index contributed by atoms with van der Waals surface area (Å²) in [6, 6.07) is 1.89.